The summed E-state index contributed by atoms with van der Waals surface area (Å²) in [5.74, 6) is -0.405. The summed E-state index contributed by atoms with van der Waals surface area (Å²) in [6.07, 6.45) is -0.0598. The van der Waals surface area contributed by atoms with E-state index in [0.717, 1.165) is 11.3 Å². The second kappa shape index (κ2) is 6.02. The lowest BCUT2D eigenvalue weighted by Gasteiger charge is -2.19. The molecule has 6 heteroatoms. The van der Waals surface area contributed by atoms with Crippen molar-refractivity contribution in [2.75, 3.05) is 12.4 Å². The summed E-state index contributed by atoms with van der Waals surface area (Å²) in [4.78, 5) is 22.3. The van der Waals surface area contributed by atoms with Gasteiger partial charge in [-0.1, -0.05) is 12.1 Å². The van der Waals surface area contributed by atoms with Crippen molar-refractivity contribution in [1.29, 1.82) is 0 Å². The van der Waals surface area contributed by atoms with Gasteiger partial charge in [0.1, 0.15) is 0 Å². The highest BCUT2D eigenvalue weighted by atomic mass is 16.5. The smallest absolute Gasteiger partial charge is 0.305 e. The molecule has 4 N–H and O–H groups in total. The molecule has 1 aliphatic heterocycles. The fraction of sp³-hybridized carbons (Fsp3) is 0.429. The van der Waals surface area contributed by atoms with E-state index < -0.39 is 12.1 Å². The van der Waals surface area contributed by atoms with Crippen LogP contribution in [0.2, 0.25) is 0 Å². The maximum absolute atomic E-state index is 11.3. The summed E-state index contributed by atoms with van der Waals surface area (Å²) >= 11 is 0. The van der Waals surface area contributed by atoms with Gasteiger partial charge in [-0.3, -0.25) is 9.59 Å². The molecule has 1 aliphatic rings. The molecule has 0 radical (unpaired) electrons. The lowest BCUT2D eigenvalue weighted by molar-refractivity contribution is -0.140. The second-order valence-electron chi connectivity index (χ2n) is 4.87. The van der Waals surface area contributed by atoms with Crippen molar-refractivity contribution in [3.05, 3.63) is 29.3 Å². The minimum absolute atomic E-state index is 0.0540. The second-order valence-corrected chi connectivity index (χ2v) is 4.87. The molecule has 108 valence electrons. The molecule has 0 saturated carbocycles. The monoisotopic (exact) mass is 278 g/mol. The van der Waals surface area contributed by atoms with Crippen molar-refractivity contribution in [2.45, 2.75) is 31.4 Å². The number of anilines is 1. The van der Waals surface area contributed by atoms with E-state index in [0.29, 0.717) is 18.4 Å². The van der Waals surface area contributed by atoms with E-state index in [1.807, 2.05) is 0 Å². The molecular formula is C14H18N2O4. The number of esters is 1. The van der Waals surface area contributed by atoms with E-state index in [2.05, 4.69) is 10.1 Å². The zero-order valence-electron chi connectivity index (χ0n) is 11.3. The Morgan fingerprint density at radius 3 is 3.00 bits per heavy atom. The van der Waals surface area contributed by atoms with Gasteiger partial charge >= 0.3 is 5.97 Å². The molecule has 0 aliphatic carbocycles. The van der Waals surface area contributed by atoms with Crippen LogP contribution in [0.15, 0.2) is 18.2 Å². The van der Waals surface area contributed by atoms with Gasteiger partial charge in [0.15, 0.2) is 0 Å². The van der Waals surface area contributed by atoms with E-state index in [4.69, 9.17) is 5.73 Å². The molecule has 2 rings (SSSR count). The first-order chi connectivity index (χ1) is 9.51. The fourth-order valence-electron chi connectivity index (χ4n) is 2.22. The van der Waals surface area contributed by atoms with Gasteiger partial charge in [0.05, 0.1) is 19.6 Å². The Bertz CT molecular complexity index is 530. The van der Waals surface area contributed by atoms with Gasteiger partial charge in [-0.15, -0.1) is 0 Å². The van der Waals surface area contributed by atoms with E-state index in [-0.39, 0.29) is 18.3 Å². The Balaban J connectivity index is 2.02. The Labute approximate surface area is 116 Å². The molecule has 1 aromatic rings. The minimum Gasteiger partial charge on any atom is -0.469 e. The van der Waals surface area contributed by atoms with E-state index >= 15 is 0 Å². The number of amides is 1. The number of fused-ring (bicyclic) bond motifs is 1. The molecule has 2 atom stereocenters. The molecule has 20 heavy (non-hydrogen) atoms. The third-order valence-corrected chi connectivity index (χ3v) is 3.41. The first kappa shape index (κ1) is 14.5. The third kappa shape index (κ3) is 3.15. The zero-order chi connectivity index (χ0) is 14.7. The van der Waals surface area contributed by atoms with Gasteiger partial charge in [-0.25, -0.2) is 0 Å². The molecule has 0 saturated heterocycles. The van der Waals surface area contributed by atoms with Crippen LogP contribution in [0.4, 0.5) is 5.69 Å². The standard InChI is InChI=1S/C14H18N2O4/c1-20-13(18)5-3-10(15)14(19)8-2-4-11-9(6-8)7-12(17)16-11/h2,4,6,10,14,19H,3,5,7,15H2,1H3,(H,16,17). The van der Waals surface area contributed by atoms with Crippen LogP contribution in [0.5, 0.6) is 0 Å². The highest BCUT2D eigenvalue weighted by Gasteiger charge is 2.22. The van der Waals surface area contributed by atoms with Gasteiger partial charge in [0.25, 0.3) is 0 Å². The number of aliphatic hydroxyl groups is 1. The summed E-state index contributed by atoms with van der Waals surface area (Å²) in [6, 6.07) is 4.70. The van der Waals surface area contributed by atoms with Crippen LogP contribution >= 0.6 is 0 Å². The van der Waals surface area contributed by atoms with Crippen molar-refractivity contribution in [2.24, 2.45) is 5.73 Å². The predicted octanol–water partition coefficient (Wildman–Crippen LogP) is 0.495. The topological polar surface area (TPSA) is 102 Å². The Kier molecular flexibility index (Phi) is 4.36. The van der Waals surface area contributed by atoms with E-state index in [1.165, 1.54) is 7.11 Å². The quantitative estimate of drug-likeness (QED) is 0.681. The zero-order valence-corrected chi connectivity index (χ0v) is 11.3. The Morgan fingerprint density at radius 2 is 2.30 bits per heavy atom. The van der Waals surface area contributed by atoms with Crippen LogP contribution in [-0.4, -0.2) is 30.1 Å². The summed E-state index contributed by atoms with van der Waals surface area (Å²) in [5.41, 5.74) is 8.16. The third-order valence-electron chi connectivity index (χ3n) is 3.41. The lowest BCUT2D eigenvalue weighted by Crippen LogP contribution is -2.29. The van der Waals surface area contributed by atoms with Crippen LogP contribution in [0.3, 0.4) is 0 Å². The van der Waals surface area contributed by atoms with Crippen molar-refractivity contribution in [3.8, 4) is 0 Å². The van der Waals surface area contributed by atoms with Gasteiger partial charge in [-0.05, 0) is 23.6 Å². The number of aliphatic hydroxyl groups excluding tert-OH is 1. The van der Waals surface area contributed by atoms with Crippen LogP contribution in [0.25, 0.3) is 0 Å². The lowest BCUT2D eigenvalue weighted by atomic mass is 9.97. The first-order valence-electron chi connectivity index (χ1n) is 6.44. The molecule has 6 nitrogen and oxygen atoms in total. The average Bonchev–Trinajstić information content (AvgIpc) is 2.82. The van der Waals surface area contributed by atoms with Crippen molar-refractivity contribution in [3.63, 3.8) is 0 Å². The van der Waals surface area contributed by atoms with Gasteiger partial charge in [-0.2, -0.15) is 0 Å². The van der Waals surface area contributed by atoms with Crippen LogP contribution in [-0.2, 0) is 20.7 Å². The number of carbonyl (C=O) groups excluding carboxylic acids is 2. The van der Waals surface area contributed by atoms with Gasteiger partial charge < -0.3 is 20.9 Å². The molecule has 0 aromatic heterocycles. The Hall–Kier alpha value is -1.92. The first-order valence-corrected chi connectivity index (χ1v) is 6.44. The summed E-state index contributed by atoms with van der Waals surface area (Å²) in [6.45, 7) is 0. The van der Waals surface area contributed by atoms with Crippen LogP contribution in [0.1, 0.15) is 30.1 Å². The SMILES string of the molecule is COC(=O)CCC(N)C(O)c1ccc2c(c1)CC(=O)N2. The summed E-state index contributed by atoms with van der Waals surface area (Å²) in [5, 5.41) is 12.9. The Morgan fingerprint density at radius 1 is 1.55 bits per heavy atom. The fourth-order valence-corrected chi connectivity index (χ4v) is 2.22. The maximum Gasteiger partial charge on any atom is 0.305 e. The van der Waals surface area contributed by atoms with Crippen molar-refractivity contribution in [1.82, 2.24) is 0 Å². The number of hydrogen-bond donors (Lipinski definition) is 3. The van der Waals surface area contributed by atoms with Crippen LogP contribution < -0.4 is 11.1 Å². The molecule has 0 spiro atoms. The van der Waals surface area contributed by atoms with Crippen molar-refractivity contribution >= 4 is 17.6 Å². The minimum atomic E-state index is -0.874. The number of carbonyl (C=O) groups is 2. The number of benzene rings is 1. The number of rotatable bonds is 5. The summed E-state index contributed by atoms with van der Waals surface area (Å²) in [7, 11) is 1.31. The molecule has 1 aromatic carbocycles. The molecule has 0 fully saturated rings. The largest absolute Gasteiger partial charge is 0.469 e. The van der Waals surface area contributed by atoms with E-state index in [9.17, 15) is 14.7 Å². The number of ether oxygens (including phenoxy) is 1. The highest BCUT2D eigenvalue weighted by Crippen LogP contribution is 2.28. The van der Waals surface area contributed by atoms with Crippen molar-refractivity contribution < 1.29 is 19.4 Å². The molecular weight excluding hydrogens is 260 g/mol. The van der Waals surface area contributed by atoms with E-state index in [1.54, 1.807) is 18.2 Å². The van der Waals surface area contributed by atoms with Gasteiger partial charge in [0.2, 0.25) is 5.91 Å². The highest BCUT2D eigenvalue weighted by molar-refractivity contribution is 5.99. The predicted molar refractivity (Wildman–Crippen MR) is 73.0 cm³/mol. The van der Waals surface area contributed by atoms with Gasteiger partial charge in [0, 0.05) is 18.2 Å². The molecule has 1 heterocycles. The average molecular weight is 278 g/mol. The summed E-state index contributed by atoms with van der Waals surface area (Å²) < 4.78 is 4.54. The molecule has 0 bridgehead atoms. The molecule has 1 amide bonds. The maximum atomic E-state index is 11.3. The molecule has 2 unspecified atom stereocenters. The van der Waals surface area contributed by atoms with Crippen LogP contribution in [0, 0.1) is 0 Å². The number of hydrogen-bond acceptors (Lipinski definition) is 5. The number of nitrogens with one attached hydrogen (secondary N) is 1. The normalized spacial score (nSPS) is 16.2. The number of nitrogens with two attached hydrogens (primary N) is 1. The number of methoxy groups -OCH3 is 1.